The molecule has 1 aromatic rings. The Bertz CT molecular complexity index is 424. The molecule has 1 aliphatic heterocycles. The van der Waals surface area contributed by atoms with Crippen LogP contribution in [-0.4, -0.2) is 46.2 Å². The van der Waals surface area contributed by atoms with Crippen LogP contribution in [0.25, 0.3) is 0 Å². The Kier molecular flexibility index (Phi) is 6.26. The molecule has 2 rings (SSSR count). The fourth-order valence-corrected chi connectivity index (χ4v) is 2.91. The van der Waals surface area contributed by atoms with Gasteiger partial charge in [0.25, 0.3) is 0 Å². The van der Waals surface area contributed by atoms with Crippen molar-refractivity contribution in [3.05, 3.63) is 18.0 Å². The highest BCUT2D eigenvalue weighted by atomic mass is 32.2. The van der Waals surface area contributed by atoms with E-state index >= 15 is 0 Å². The molecular weight excluding hydrogens is 272 g/mol. The van der Waals surface area contributed by atoms with Gasteiger partial charge in [0, 0.05) is 56.3 Å². The van der Waals surface area contributed by atoms with Gasteiger partial charge < -0.3 is 5.32 Å². The summed E-state index contributed by atoms with van der Waals surface area (Å²) in [6.07, 6.45) is 6.78. The van der Waals surface area contributed by atoms with Crippen molar-refractivity contribution in [2.75, 3.05) is 25.4 Å². The third-order valence-corrected chi connectivity index (χ3v) is 4.18. The van der Waals surface area contributed by atoms with Gasteiger partial charge in [0.15, 0.2) is 5.16 Å². The average molecular weight is 294 g/mol. The monoisotopic (exact) mass is 294 g/mol. The van der Waals surface area contributed by atoms with Gasteiger partial charge >= 0.3 is 0 Å². The molecule has 1 aliphatic rings. The Morgan fingerprint density at radius 3 is 2.90 bits per heavy atom. The van der Waals surface area contributed by atoms with Crippen molar-refractivity contribution >= 4 is 17.7 Å². The van der Waals surface area contributed by atoms with Crippen molar-refractivity contribution in [3.8, 4) is 0 Å². The molecule has 1 aromatic heterocycles. The molecule has 0 radical (unpaired) electrons. The lowest BCUT2D eigenvalue weighted by Gasteiger charge is -2.18. The van der Waals surface area contributed by atoms with Gasteiger partial charge in [-0.15, -0.1) is 0 Å². The minimum absolute atomic E-state index is 0.145. The van der Waals surface area contributed by atoms with Gasteiger partial charge in [-0.2, -0.15) is 0 Å². The third-order valence-electron chi connectivity index (χ3n) is 3.22. The maximum absolute atomic E-state index is 11.3. The molecule has 0 spiro atoms. The van der Waals surface area contributed by atoms with Gasteiger partial charge in [-0.25, -0.2) is 9.97 Å². The normalized spacial score (nSPS) is 16.8. The van der Waals surface area contributed by atoms with Crippen molar-refractivity contribution in [2.24, 2.45) is 0 Å². The molecule has 5 nitrogen and oxygen atoms in total. The minimum Gasteiger partial charge on any atom is -0.355 e. The van der Waals surface area contributed by atoms with Crippen molar-refractivity contribution in [3.63, 3.8) is 0 Å². The molecule has 1 saturated heterocycles. The summed E-state index contributed by atoms with van der Waals surface area (Å²) >= 11 is 1.71. The maximum Gasteiger partial charge on any atom is 0.221 e. The quantitative estimate of drug-likeness (QED) is 0.491. The van der Waals surface area contributed by atoms with Crippen LogP contribution < -0.4 is 5.32 Å². The first-order valence-corrected chi connectivity index (χ1v) is 8.19. The van der Waals surface area contributed by atoms with E-state index in [1.54, 1.807) is 11.8 Å². The topological polar surface area (TPSA) is 58.1 Å². The zero-order chi connectivity index (χ0) is 14.2. The van der Waals surface area contributed by atoms with Crippen LogP contribution in [0.3, 0.4) is 0 Å². The lowest BCUT2D eigenvalue weighted by molar-refractivity contribution is -0.120. The van der Waals surface area contributed by atoms with Gasteiger partial charge in [-0.1, -0.05) is 25.1 Å². The largest absolute Gasteiger partial charge is 0.355 e. The standard InChI is InChI=1S/C14H22N4OS/c1-2-3-8-20-14-16-9-12(10-17-14)11-18-6-4-13(19)15-5-7-18/h9-10H,2-8,11H2,1H3,(H,15,19). The molecule has 0 atom stereocenters. The number of nitrogens with zero attached hydrogens (tertiary/aromatic N) is 3. The molecule has 0 bridgehead atoms. The Balaban J connectivity index is 1.82. The highest BCUT2D eigenvalue weighted by Crippen LogP contribution is 2.14. The highest BCUT2D eigenvalue weighted by molar-refractivity contribution is 7.99. The number of unbranched alkanes of at least 4 members (excludes halogenated alkanes) is 1. The third kappa shape index (κ3) is 5.09. The Morgan fingerprint density at radius 2 is 2.15 bits per heavy atom. The number of carbonyl (C=O) groups excluding carboxylic acids is 1. The molecule has 0 saturated carbocycles. The summed E-state index contributed by atoms with van der Waals surface area (Å²) in [5, 5.41) is 3.74. The molecule has 0 aromatic carbocycles. The number of hydrogen-bond donors (Lipinski definition) is 1. The van der Waals surface area contributed by atoms with E-state index in [9.17, 15) is 4.79 Å². The fraction of sp³-hybridized carbons (Fsp3) is 0.643. The van der Waals surface area contributed by atoms with Gasteiger partial charge in [-0.05, 0) is 6.42 Å². The number of rotatable bonds is 6. The van der Waals surface area contributed by atoms with Gasteiger partial charge in [0.05, 0.1) is 0 Å². The van der Waals surface area contributed by atoms with E-state index in [1.807, 2.05) is 12.4 Å². The maximum atomic E-state index is 11.3. The highest BCUT2D eigenvalue weighted by Gasteiger charge is 2.13. The number of aromatic nitrogens is 2. The summed E-state index contributed by atoms with van der Waals surface area (Å²) in [5.74, 6) is 1.22. The van der Waals surface area contributed by atoms with Gasteiger partial charge in [0.1, 0.15) is 0 Å². The lowest BCUT2D eigenvalue weighted by atomic mass is 10.3. The first-order valence-electron chi connectivity index (χ1n) is 7.20. The second-order valence-corrected chi connectivity index (χ2v) is 6.01. The first-order chi connectivity index (χ1) is 9.78. The van der Waals surface area contributed by atoms with E-state index < -0.39 is 0 Å². The second-order valence-electron chi connectivity index (χ2n) is 4.95. The molecule has 20 heavy (non-hydrogen) atoms. The molecule has 110 valence electrons. The van der Waals surface area contributed by atoms with E-state index in [1.165, 1.54) is 12.8 Å². The minimum atomic E-state index is 0.145. The van der Waals surface area contributed by atoms with Gasteiger partial charge in [0.2, 0.25) is 5.91 Å². The number of carbonyl (C=O) groups is 1. The van der Waals surface area contributed by atoms with Crippen LogP contribution >= 0.6 is 11.8 Å². The molecule has 1 amide bonds. The number of nitrogens with one attached hydrogen (secondary N) is 1. The first kappa shape index (κ1) is 15.3. The lowest BCUT2D eigenvalue weighted by Crippen LogP contribution is -2.28. The molecule has 1 fully saturated rings. The van der Waals surface area contributed by atoms with Crippen LogP contribution in [0, 0.1) is 0 Å². The van der Waals surface area contributed by atoms with Crippen LogP contribution in [0.2, 0.25) is 0 Å². The van der Waals surface area contributed by atoms with Crippen molar-refractivity contribution < 1.29 is 4.79 Å². The number of hydrogen-bond acceptors (Lipinski definition) is 5. The predicted molar refractivity (Wildman–Crippen MR) is 80.6 cm³/mol. The van der Waals surface area contributed by atoms with Crippen LogP contribution in [0.15, 0.2) is 17.6 Å². The molecule has 1 N–H and O–H groups in total. The fourth-order valence-electron chi connectivity index (χ4n) is 2.04. The van der Waals surface area contributed by atoms with Crippen LogP contribution in [0.1, 0.15) is 31.7 Å². The zero-order valence-corrected chi connectivity index (χ0v) is 12.8. The number of thioether (sulfide) groups is 1. The van der Waals surface area contributed by atoms with E-state index in [2.05, 4.69) is 27.1 Å². The smallest absolute Gasteiger partial charge is 0.221 e. The van der Waals surface area contributed by atoms with Crippen molar-refractivity contribution in [1.29, 1.82) is 0 Å². The summed E-state index contributed by atoms with van der Waals surface area (Å²) in [6, 6.07) is 0. The Morgan fingerprint density at radius 1 is 1.35 bits per heavy atom. The zero-order valence-electron chi connectivity index (χ0n) is 12.0. The molecular formula is C14H22N4OS. The summed E-state index contributed by atoms with van der Waals surface area (Å²) in [6.45, 7) is 5.42. The van der Waals surface area contributed by atoms with Gasteiger partial charge in [-0.3, -0.25) is 9.69 Å². The Labute approximate surface area is 124 Å². The summed E-state index contributed by atoms with van der Waals surface area (Å²) < 4.78 is 0. The average Bonchev–Trinajstić information content (AvgIpc) is 2.66. The van der Waals surface area contributed by atoms with Crippen molar-refractivity contribution in [1.82, 2.24) is 20.2 Å². The summed E-state index contributed by atoms with van der Waals surface area (Å²) in [4.78, 5) is 22.3. The van der Waals surface area contributed by atoms with Crippen molar-refractivity contribution in [2.45, 2.75) is 37.9 Å². The molecule has 0 unspecified atom stereocenters. The Hall–Kier alpha value is -1.14. The van der Waals surface area contributed by atoms with Crippen LogP contribution in [-0.2, 0) is 11.3 Å². The van der Waals surface area contributed by atoms with E-state index in [-0.39, 0.29) is 5.91 Å². The predicted octanol–water partition coefficient (Wildman–Crippen LogP) is 1.69. The van der Waals surface area contributed by atoms with E-state index in [0.717, 1.165) is 42.7 Å². The summed E-state index contributed by atoms with van der Waals surface area (Å²) in [5.41, 5.74) is 1.11. The molecule has 6 heteroatoms. The molecule has 0 aliphatic carbocycles. The SMILES string of the molecule is CCCCSc1ncc(CN2CCNC(=O)CC2)cn1. The van der Waals surface area contributed by atoms with Crippen LogP contribution in [0.5, 0.6) is 0 Å². The van der Waals surface area contributed by atoms with E-state index in [4.69, 9.17) is 0 Å². The van der Waals surface area contributed by atoms with E-state index in [0.29, 0.717) is 6.42 Å². The number of amides is 1. The second kappa shape index (κ2) is 8.21. The van der Waals surface area contributed by atoms with Crippen LogP contribution in [0.4, 0.5) is 0 Å². The molecule has 2 heterocycles. The summed E-state index contributed by atoms with van der Waals surface area (Å²) in [7, 11) is 0.